The molecule has 0 spiro atoms. The van der Waals surface area contributed by atoms with Gasteiger partial charge in [0.15, 0.2) is 18.5 Å². The van der Waals surface area contributed by atoms with Gasteiger partial charge in [-0.3, -0.25) is 24.0 Å². The van der Waals surface area contributed by atoms with Gasteiger partial charge in [-0.15, -0.1) is 0 Å². The Morgan fingerprint density at radius 2 is 0.955 bits per heavy atom. The number of carbonyl (C=O) groups is 6. The van der Waals surface area contributed by atoms with E-state index in [-0.39, 0.29) is 38.6 Å². The van der Waals surface area contributed by atoms with Gasteiger partial charge in [0.25, 0.3) is 0 Å². The third-order valence-corrected chi connectivity index (χ3v) is 12.5. The molecule has 0 bridgehead atoms. The molecular weight excluding hydrogens is 1190 g/mol. The van der Waals surface area contributed by atoms with Crippen LogP contribution in [0.3, 0.4) is 0 Å². The molecule has 1 aromatic carbocycles. The highest BCUT2D eigenvalue weighted by molar-refractivity contribution is 6.25. The van der Waals surface area contributed by atoms with E-state index in [0.29, 0.717) is 32.6 Å². The summed E-state index contributed by atoms with van der Waals surface area (Å²) in [5.41, 5.74) is 53.8. The van der Waals surface area contributed by atoms with Gasteiger partial charge >= 0.3 is 43.5 Å². The lowest BCUT2D eigenvalue weighted by atomic mass is 9.84. The van der Waals surface area contributed by atoms with E-state index in [9.17, 15) is 43.7 Å². The van der Waals surface area contributed by atoms with Crippen LogP contribution in [0.5, 0.6) is 0 Å². The molecule has 2 saturated heterocycles. The van der Waals surface area contributed by atoms with Gasteiger partial charge in [0.05, 0.1) is 54.5 Å². The Labute approximate surface area is 508 Å². The molecule has 491 valence electrons. The van der Waals surface area contributed by atoms with Gasteiger partial charge < -0.3 is 62.5 Å². The van der Waals surface area contributed by atoms with Crippen molar-refractivity contribution in [3.8, 4) is 0 Å². The lowest BCUT2D eigenvalue weighted by molar-refractivity contribution is -0.260. The van der Waals surface area contributed by atoms with Crippen molar-refractivity contribution < 1.29 is 95.1 Å². The predicted octanol–water partition coefficient (Wildman–Crippen LogP) is 9.71. The summed E-state index contributed by atoms with van der Waals surface area (Å²) >= 11 is 0. The Morgan fingerprint density at radius 1 is 0.584 bits per heavy atom. The molecule has 2 aliphatic heterocycles. The van der Waals surface area contributed by atoms with Crippen LogP contribution >= 0.6 is 0 Å². The van der Waals surface area contributed by atoms with E-state index in [1.165, 1.54) is 6.92 Å². The van der Waals surface area contributed by atoms with Crippen LogP contribution in [-0.2, 0) is 73.2 Å². The molecule has 40 heteroatoms. The van der Waals surface area contributed by atoms with E-state index < -0.39 is 134 Å². The van der Waals surface area contributed by atoms with Crippen molar-refractivity contribution in [3.63, 3.8) is 0 Å². The van der Waals surface area contributed by atoms with Crippen molar-refractivity contribution in [1.82, 2.24) is 5.32 Å². The standard InChI is InChI=1S/C25H32N10O8.C10H14N6O5.C10H17N3O3.C2H5BF.C2H6O.F2/c1-13(29-25(38)39-12-16-7-5-4-6-8-16)20-10-9-17(30-33-26)24(42-20)43-22-19(32-35-28)11-18(31-34-27)21(40-14(2)36)23(22)41-15(3)37;1-4(17)20-9-7(14-16-12)3-6(13-15-11)8(19)10(9)21-5(2)18;1-6(2)9-5-4-8(12-13-11)10(16-9)15-7(3)14;1-2-3-4;1-2-3;1-2/h4-8,13,17-24H,9-12H2,1-3H3,(H,29,38);6-10,19H,3H2,1-2H3;6,8-10H,4-5H2,1-3H3;2H2,1H3;3H,2H2,1H3;/t13-,17+,18-,19+,20+,21+,22-,23-,24-;6-,7+,8+,9-,10-;8?,9-,10?;;;/m100.../s1. The predicted molar refractivity (Wildman–Crippen MR) is 304 cm³/mol. The first-order chi connectivity index (χ1) is 42.4. The molecule has 4 fully saturated rings. The Bertz CT molecular complexity index is 2670. The van der Waals surface area contributed by atoms with Crippen molar-refractivity contribution in [2.75, 3.05) is 6.61 Å². The van der Waals surface area contributed by atoms with Gasteiger partial charge in [0.2, 0.25) is 6.29 Å². The number of nitrogens with zero attached hydrogens (tertiary/aromatic N) is 18. The number of rotatable bonds is 19. The van der Waals surface area contributed by atoms with Gasteiger partial charge in [-0.05, 0) is 103 Å². The smallest absolute Gasteiger partial charge is 0.407 e. The van der Waals surface area contributed by atoms with Crippen molar-refractivity contribution in [1.29, 1.82) is 0 Å². The third-order valence-electron chi connectivity index (χ3n) is 12.5. The number of halogens is 3. The van der Waals surface area contributed by atoms with Crippen LogP contribution in [0.4, 0.5) is 18.3 Å². The lowest BCUT2D eigenvalue weighted by Gasteiger charge is -2.45. The maximum Gasteiger partial charge on any atom is 0.407 e. The minimum absolute atomic E-state index is 0.0367. The minimum atomic E-state index is -1.39. The Hall–Kier alpha value is -8.65. The van der Waals surface area contributed by atoms with Crippen LogP contribution in [0.15, 0.2) is 61.0 Å². The van der Waals surface area contributed by atoms with Gasteiger partial charge in [0, 0.05) is 79.8 Å². The third kappa shape index (κ3) is 30.2. The topological polar surface area (TPSA) is 531 Å². The van der Waals surface area contributed by atoms with Crippen LogP contribution in [0, 0.1) is 5.92 Å². The summed E-state index contributed by atoms with van der Waals surface area (Å²) in [7, 11) is 0.625. The molecule has 1 radical (unpaired) electrons. The van der Waals surface area contributed by atoms with Crippen LogP contribution in [-0.4, -0.2) is 164 Å². The number of alkyl carbamates (subject to hydrolysis) is 1. The highest BCUT2D eigenvalue weighted by Crippen LogP contribution is 2.36. The zero-order valence-electron chi connectivity index (χ0n) is 50.4. The normalized spacial score (nSPS) is 27.2. The number of nitrogens with one attached hydrogen (secondary N) is 1. The number of amides is 1. The average molecular weight is 1270 g/mol. The van der Waals surface area contributed by atoms with Gasteiger partial charge in [-0.1, -0.05) is 81.8 Å². The second-order valence-corrected chi connectivity index (χ2v) is 19.5. The van der Waals surface area contributed by atoms with Crippen molar-refractivity contribution in [2.45, 2.75) is 224 Å². The largest absolute Gasteiger partial charge is 0.458 e. The number of azide groups is 6. The van der Waals surface area contributed by atoms with Crippen LogP contribution in [0.1, 0.15) is 113 Å². The molecule has 2 saturated carbocycles. The quantitative estimate of drug-likeness (QED) is 0.0289. The Morgan fingerprint density at radius 3 is 1.39 bits per heavy atom. The average Bonchev–Trinajstić information content (AvgIpc) is 0.915. The molecule has 2 aliphatic carbocycles. The fraction of sp³-hybridized carbons (Fsp3) is 0.755. The Balaban J connectivity index is 0.00000139. The minimum Gasteiger partial charge on any atom is -0.458 e. The molecule has 1 amide bonds. The molecular formula is C49H74BF3N19O17. The molecule has 17 atom stereocenters. The number of benzene rings is 1. The summed E-state index contributed by atoms with van der Waals surface area (Å²) < 4.78 is 75.6. The number of hydrogen-bond acceptors (Lipinski definition) is 23. The maximum atomic E-state index is 12.4. The first-order valence-corrected chi connectivity index (χ1v) is 27.3. The summed E-state index contributed by atoms with van der Waals surface area (Å²) in [6, 6.07) is 3.25. The van der Waals surface area contributed by atoms with E-state index in [1.807, 2.05) is 44.2 Å². The van der Waals surface area contributed by atoms with Crippen molar-refractivity contribution in [3.05, 3.63) is 98.6 Å². The fourth-order valence-corrected chi connectivity index (χ4v) is 8.92. The molecule has 4 aliphatic rings. The van der Waals surface area contributed by atoms with E-state index in [2.05, 4.69) is 65.5 Å². The second-order valence-electron chi connectivity index (χ2n) is 19.5. The fourth-order valence-electron chi connectivity index (χ4n) is 8.92. The number of carbonyl (C=O) groups excluding carboxylic acids is 6. The SMILES string of the molecule is CC(=O)OC1O[C@H](C(C)C)CCC1N=[N+]=[N-].CC(=O)O[C@@H]1[C@@H](OC(C)=O)[C@H](N=[N+]=[N-])C[C@H](N=[N+]=[N-])[C@H]1O[C@H]1O[C@H]([C@@H](C)NC(=O)OCc2ccccc2)CC[C@@H]1N=[N+]=[N-].CC(=O)O[C@@H]1[C@@H](OC(C)=O)[C@H](O)[C@@H](N=[N+]=[N-])C[C@H]1N=[N+]=[N-].CCO.CC[B]F.FF. The molecule has 5 rings (SSSR count). The monoisotopic (exact) mass is 1270 g/mol. The van der Waals surface area contributed by atoms with Gasteiger partial charge in [-0.2, -0.15) is 0 Å². The number of ether oxygens (including phenoxy) is 9. The summed E-state index contributed by atoms with van der Waals surface area (Å²) in [6.45, 7) is 15.3. The molecule has 3 N–H and O–H groups in total. The molecule has 0 aromatic heterocycles. The number of aliphatic hydroxyl groups is 2. The summed E-state index contributed by atoms with van der Waals surface area (Å²) in [5.74, 6) is -3.01. The number of hydrogen-bond donors (Lipinski definition) is 3. The highest BCUT2D eigenvalue weighted by Gasteiger charge is 2.52. The van der Waals surface area contributed by atoms with Crippen molar-refractivity contribution in [2.24, 2.45) is 36.6 Å². The van der Waals surface area contributed by atoms with E-state index in [1.54, 1.807) is 20.8 Å². The summed E-state index contributed by atoms with van der Waals surface area (Å²) in [6.07, 6.45) is -8.48. The molecule has 2 unspecified atom stereocenters. The zero-order valence-corrected chi connectivity index (χ0v) is 50.4. The first kappa shape index (κ1) is 80.4. The van der Waals surface area contributed by atoms with Crippen molar-refractivity contribution >= 4 is 43.5 Å². The van der Waals surface area contributed by atoms with Crippen LogP contribution in [0.25, 0.3) is 62.7 Å². The van der Waals surface area contributed by atoms with Crippen LogP contribution in [0.2, 0.25) is 6.32 Å². The zero-order chi connectivity index (χ0) is 67.6. The highest BCUT2D eigenvalue weighted by atomic mass is 20.0. The molecule has 1 aromatic rings. The summed E-state index contributed by atoms with van der Waals surface area (Å²) in [4.78, 5) is 86.1. The van der Waals surface area contributed by atoms with E-state index in [4.69, 9.17) is 84.5 Å². The number of aliphatic hydroxyl groups excluding tert-OH is 2. The molecule has 36 nitrogen and oxygen atoms in total. The van der Waals surface area contributed by atoms with Crippen LogP contribution < -0.4 is 5.32 Å². The molecule has 89 heavy (non-hydrogen) atoms. The molecule has 2 heterocycles. The lowest BCUT2D eigenvalue weighted by Crippen LogP contribution is -2.60. The first-order valence-electron chi connectivity index (χ1n) is 27.3. The number of esters is 5. The maximum absolute atomic E-state index is 12.4. The van der Waals surface area contributed by atoms with Gasteiger partial charge in [0.1, 0.15) is 31.0 Å². The van der Waals surface area contributed by atoms with E-state index >= 15 is 0 Å². The van der Waals surface area contributed by atoms with Gasteiger partial charge in [-0.25, -0.2) is 4.79 Å². The Kier molecular flexibility index (Phi) is 41.2. The van der Waals surface area contributed by atoms with E-state index in [0.717, 1.165) is 39.7 Å². The second kappa shape index (κ2) is 45.6. The summed E-state index contributed by atoms with van der Waals surface area (Å²) in [5, 5.41) is 42.0.